The zero-order chi connectivity index (χ0) is 15.0. The SMILES string of the molecule is Nc1nc(NC2CC2)sc1C(=O)Nc1c(F)cccc1Br. The van der Waals surface area contributed by atoms with E-state index >= 15 is 0 Å². The van der Waals surface area contributed by atoms with Crippen molar-refractivity contribution >= 4 is 49.8 Å². The molecule has 21 heavy (non-hydrogen) atoms. The summed E-state index contributed by atoms with van der Waals surface area (Å²) in [6.07, 6.45) is 2.20. The van der Waals surface area contributed by atoms with Gasteiger partial charge in [0.05, 0.1) is 5.69 Å². The quantitative estimate of drug-likeness (QED) is 0.769. The lowest BCUT2D eigenvalue weighted by molar-refractivity contribution is 0.103. The number of nitrogens with zero attached hydrogens (tertiary/aromatic N) is 1. The van der Waals surface area contributed by atoms with Crippen LogP contribution in [0.15, 0.2) is 22.7 Å². The summed E-state index contributed by atoms with van der Waals surface area (Å²) in [5.74, 6) is -0.843. The van der Waals surface area contributed by atoms with E-state index in [0.29, 0.717) is 15.6 Å². The lowest BCUT2D eigenvalue weighted by Crippen LogP contribution is -2.13. The molecule has 3 rings (SSSR count). The van der Waals surface area contributed by atoms with E-state index < -0.39 is 11.7 Å². The molecule has 0 saturated heterocycles. The second kappa shape index (κ2) is 5.61. The third-order valence-corrected chi connectivity index (χ3v) is 4.63. The number of thiazole rings is 1. The summed E-state index contributed by atoms with van der Waals surface area (Å²) in [5.41, 5.74) is 5.85. The number of aromatic nitrogens is 1. The summed E-state index contributed by atoms with van der Waals surface area (Å²) in [6.45, 7) is 0. The average Bonchev–Trinajstić information content (AvgIpc) is 3.16. The number of nitrogen functional groups attached to an aromatic ring is 1. The molecule has 1 fully saturated rings. The van der Waals surface area contributed by atoms with E-state index in [2.05, 4.69) is 31.5 Å². The van der Waals surface area contributed by atoms with Crippen molar-refractivity contribution in [1.29, 1.82) is 0 Å². The first kappa shape index (κ1) is 14.3. The van der Waals surface area contributed by atoms with E-state index in [0.717, 1.165) is 12.8 Å². The highest BCUT2D eigenvalue weighted by atomic mass is 79.9. The van der Waals surface area contributed by atoms with Gasteiger partial charge in [0, 0.05) is 10.5 Å². The minimum absolute atomic E-state index is 0.0898. The van der Waals surface area contributed by atoms with Crippen molar-refractivity contribution in [2.75, 3.05) is 16.4 Å². The largest absolute Gasteiger partial charge is 0.382 e. The molecule has 0 radical (unpaired) electrons. The molecular formula is C13H12BrFN4OS. The van der Waals surface area contributed by atoms with Gasteiger partial charge in [-0.3, -0.25) is 4.79 Å². The maximum atomic E-state index is 13.7. The first-order chi connectivity index (χ1) is 10.0. The van der Waals surface area contributed by atoms with Crippen LogP contribution >= 0.6 is 27.3 Å². The van der Waals surface area contributed by atoms with Crippen molar-refractivity contribution in [3.8, 4) is 0 Å². The Hall–Kier alpha value is -1.67. The number of nitrogens with two attached hydrogens (primary N) is 1. The minimum atomic E-state index is -0.517. The minimum Gasteiger partial charge on any atom is -0.382 e. The molecule has 1 heterocycles. The molecule has 1 aromatic heterocycles. The van der Waals surface area contributed by atoms with Crippen molar-refractivity contribution in [2.24, 2.45) is 0 Å². The van der Waals surface area contributed by atoms with Gasteiger partial charge in [-0.1, -0.05) is 17.4 Å². The van der Waals surface area contributed by atoms with Gasteiger partial charge in [0.25, 0.3) is 5.91 Å². The topological polar surface area (TPSA) is 80.0 Å². The molecule has 1 saturated carbocycles. The van der Waals surface area contributed by atoms with Crippen LogP contribution in [0.1, 0.15) is 22.5 Å². The second-order valence-electron chi connectivity index (χ2n) is 4.70. The summed E-state index contributed by atoms with van der Waals surface area (Å²) in [5, 5.41) is 6.32. The van der Waals surface area contributed by atoms with Gasteiger partial charge >= 0.3 is 0 Å². The third-order valence-electron chi connectivity index (χ3n) is 2.97. The van der Waals surface area contributed by atoms with Gasteiger partial charge < -0.3 is 16.4 Å². The monoisotopic (exact) mass is 370 g/mol. The summed E-state index contributed by atoms with van der Waals surface area (Å²) in [7, 11) is 0. The van der Waals surface area contributed by atoms with Crippen LogP contribution < -0.4 is 16.4 Å². The summed E-state index contributed by atoms with van der Waals surface area (Å²) >= 11 is 4.37. The van der Waals surface area contributed by atoms with Crippen LogP contribution in [0.4, 0.5) is 21.0 Å². The van der Waals surface area contributed by atoms with Gasteiger partial charge in [-0.05, 0) is 40.9 Å². The fourth-order valence-corrected chi connectivity index (χ4v) is 3.04. The van der Waals surface area contributed by atoms with Crippen LogP contribution in [0.5, 0.6) is 0 Å². The van der Waals surface area contributed by atoms with Gasteiger partial charge in [0.1, 0.15) is 16.5 Å². The molecule has 0 bridgehead atoms. The molecule has 5 nitrogen and oxygen atoms in total. The van der Waals surface area contributed by atoms with Crippen molar-refractivity contribution in [3.05, 3.63) is 33.4 Å². The highest BCUT2D eigenvalue weighted by Crippen LogP contribution is 2.32. The normalized spacial score (nSPS) is 14.0. The Balaban J connectivity index is 1.80. The molecule has 4 N–H and O–H groups in total. The highest BCUT2D eigenvalue weighted by molar-refractivity contribution is 9.10. The molecular weight excluding hydrogens is 359 g/mol. The van der Waals surface area contributed by atoms with E-state index in [9.17, 15) is 9.18 Å². The van der Waals surface area contributed by atoms with Gasteiger partial charge in [0.2, 0.25) is 0 Å². The second-order valence-corrected chi connectivity index (χ2v) is 6.56. The summed E-state index contributed by atoms with van der Waals surface area (Å²) < 4.78 is 14.2. The number of carbonyl (C=O) groups excluding carboxylic acids is 1. The van der Waals surface area contributed by atoms with Crippen molar-refractivity contribution < 1.29 is 9.18 Å². The van der Waals surface area contributed by atoms with Crippen molar-refractivity contribution in [1.82, 2.24) is 4.98 Å². The van der Waals surface area contributed by atoms with Crippen molar-refractivity contribution in [2.45, 2.75) is 18.9 Å². The van der Waals surface area contributed by atoms with Crippen LogP contribution in [0, 0.1) is 5.82 Å². The smallest absolute Gasteiger partial charge is 0.269 e. The lowest BCUT2D eigenvalue weighted by atomic mass is 10.3. The first-order valence-electron chi connectivity index (χ1n) is 6.33. The standard InChI is InChI=1S/C13H12BrFN4OS/c14-7-2-1-3-8(15)9(7)18-12(20)10-11(16)19-13(21-10)17-6-4-5-6/h1-3,6H,4-5,16H2,(H,17,19)(H,18,20). The predicted molar refractivity (Wildman–Crippen MR) is 85.2 cm³/mol. The van der Waals surface area contributed by atoms with Gasteiger partial charge in [-0.2, -0.15) is 0 Å². The molecule has 0 aliphatic heterocycles. The van der Waals surface area contributed by atoms with Crippen LogP contribution in [0.3, 0.4) is 0 Å². The number of hydrogen-bond donors (Lipinski definition) is 3. The Labute approximate surface area is 132 Å². The van der Waals surface area contributed by atoms with Gasteiger partial charge in [0.15, 0.2) is 5.13 Å². The number of carbonyl (C=O) groups is 1. The Bertz CT molecular complexity index is 681. The number of nitrogens with one attached hydrogen (secondary N) is 2. The fourth-order valence-electron chi connectivity index (χ4n) is 1.75. The summed E-state index contributed by atoms with van der Waals surface area (Å²) in [4.78, 5) is 16.6. The number of benzene rings is 1. The molecule has 1 aliphatic carbocycles. The Morgan fingerprint density at radius 3 is 2.90 bits per heavy atom. The third kappa shape index (κ3) is 3.16. The van der Waals surface area contributed by atoms with Gasteiger partial charge in [-0.15, -0.1) is 0 Å². The maximum Gasteiger partial charge on any atom is 0.269 e. The lowest BCUT2D eigenvalue weighted by Gasteiger charge is -2.07. The average molecular weight is 371 g/mol. The number of hydrogen-bond acceptors (Lipinski definition) is 5. The maximum absolute atomic E-state index is 13.7. The number of amides is 1. The molecule has 8 heteroatoms. The Morgan fingerprint density at radius 2 is 2.24 bits per heavy atom. The fraction of sp³-hybridized carbons (Fsp3) is 0.231. The van der Waals surface area contributed by atoms with E-state index in [1.54, 1.807) is 12.1 Å². The molecule has 1 aliphatic rings. The molecule has 0 atom stereocenters. The molecule has 1 aromatic carbocycles. The van der Waals surface area contributed by atoms with Crippen LogP contribution in [0.25, 0.3) is 0 Å². The Morgan fingerprint density at radius 1 is 1.48 bits per heavy atom. The molecule has 0 unspecified atom stereocenters. The van der Waals surface area contributed by atoms with E-state index in [1.165, 1.54) is 17.4 Å². The van der Waals surface area contributed by atoms with E-state index in [1.807, 2.05) is 0 Å². The van der Waals surface area contributed by atoms with Crippen molar-refractivity contribution in [3.63, 3.8) is 0 Å². The van der Waals surface area contributed by atoms with Crippen LogP contribution in [0.2, 0.25) is 0 Å². The zero-order valence-corrected chi connectivity index (χ0v) is 13.2. The Kier molecular flexibility index (Phi) is 3.81. The zero-order valence-electron chi connectivity index (χ0n) is 10.8. The van der Waals surface area contributed by atoms with Crippen LogP contribution in [-0.4, -0.2) is 16.9 Å². The molecule has 0 spiro atoms. The highest BCUT2D eigenvalue weighted by Gasteiger charge is 2.24. The number of anilines is 3. The van der Waals surface area contributed by atoms with Gasteiger partial charge in [-0.25, -0.2) is 9.37 Å². The number of para-hydroxylation sites is 1. The first-order valence-corrected chi connectivity index (χ1v) is 7.93. The van der Waals surface area contributed by atoms with Crippen LogP contribution in [-0.2, 0) is 0 Å². The number of halogens is 2. The van der Waals surface area contributed by atoms with E-state index in [-0.39, 0.29) is 16.4 Å². The molecule has 1 amide bonds. The molecule has 2 aromatic rings. The number of rotatable bonds is 4. The van der Waals surface area contributed by atoms with E-state index in [4.69, 9.17) is 5.73 Å². The predicted octanol–water partition coefficient (Wildman–Crippen LogP) is 3.45. The summed E-state index contributed by atoms with van der Waals surface area (Å²) in [6, 6.07) is 4.89. The molecule has 110 valence electrons.